The fraction of sp³-hybridized carbons (Fsp3) is 0.533. The van der Waals surface area contributed by atoms with Gasteiger partial charge in [0.1, 0.15) is 0 Å². The molecule has 1 aromatic carbocycles. The van der Waals surface area contributed by atoms with Crippen molar-refractivity contribution in [2.24, 2.45) is 0 Å². The molecule has 0 unspecified atom stereocenters. The van der Waals surface area contributed by atoms with Gasteiger partial charge in [-0.2, -0.15) is 0 Å². The van der Waals surface area contributed by atoms with Crippen molar-refractivity contribution in [1.29, 1.82) is 0 Å². The van der Waals surface area contributed by atoms with Gasteiger partial charge in [0.2, 0.25) is 0 Å². The molecule has 1 saturated heterocycles. The Morgan fingerprint density at radius 3 is 2.95 bits per heavy atom. The zero-order valence-electron chi connectivity index (χ0n) is 11.2. The monoisotopic (exact) mass is 260 g/mol. The van der Waals surface area contributed by atoms with E-state index in [1.54, 1.807) is 0 Å². The van der Waals surface area contributed by atoms with E-state index in [0.717, 1.165) is 26.1 Å². The van der Waals surface area contributed by atoms with Crippen LogP contribution in [0.15, 0.2) is 24.3 Å². The van der Waals surface area contributed by atoms with Crippen molar-refractivity contribution < 1.29 is 9.90 Å². The van der Waals surface area contributed by atoms with E-state index in [4.69, 9.17) is 5.11 Å². The Kier molecular flexibility index (Phi) is 3.19. The number of carbonyl (C=O) groups is 1. The number of benzene rings is 1. The number of nitrogens with zero attached hydrogens (tertiary/aromatic N) is 2. The molecular weight excluding hydrogens is 240 g/mol. The first-order valence-corrected chi connectivity index (χ1v) is 7.00. The second kappa shape index (κ2) is 4.85. The highest BCUT2D eigenvalue weighted by Crippen LogP contribution is 2.44. The molecule has 0 spiro atoms. The van der Waals surface area contributed by atoms with Gasteiger partial charge in [0.25, 0.3) is 0 Å². The van der Waals surface area contributed by atoms with E-state index in [1.807, 2.05) is 0 Å². The third-order valence-corrected chi connectivity index (χ3v) is 4.41. The molecule has 0 bridgehead atoms. The molecular formula is C15H20N2O2. The third-order valence-electron chi connectivity index (χ3n) is 4.41. The van der Waals surface area contributed by atoms with Crippen molar-refractivity contribution in [3.05, 3.63) is 29.8 Å². The molecule has 1 aromatic rings. The Hall–Kier alpha value is -1.55. The minimum atomic E-state index is -0.725. The Bertz CT molecular complexity index is 489. The number of hydrogen-bond acceptors (Lipinski definition) is 3. The Morgan fingerprint density at radius 1 is 1.42 bits per heavy atom. The summed E-state index contributed by atoms with van der Waals surface area (Å²) in [6, 6.07) is 9.12. The molecule has 1 N–H and O–H groups in total. The molecule has 4 nitrogen and oxygen atoms in total. The van der Waals surface area contributed by atoms with Crippen LogP contribution in [0.1, 0.15) is 24.8 Å². The van der Waals surface area contributed by atoms with E-state index >= 15 is 0 Å². The van der Waals surface area contributed by atoms with Crippen LogP contribution in [0.25, 0.3) is 0 Å². The number of aliphatic carboxylic acids is 1. The van der Waals surface area contributed by atoms with Crippen molar-refractivity contribution in [3.8, 4) is 0 Å². The maximum atomic E-state index is 10.9. The van der Waals surface area contributed by atoms with E-state index in [2.05, 4.69) is 41.0 Å². The minimum absolute atomic E-state index is 0.164. The van der Waals surface area contributed by atoms with Gasteiger partial charge < -0.3 is 10.0 Å². The largest absolute Gasteiger partial charge is 0.480 e. The molecule has 1 fully saturated rings. The molecule has 4 heteroatoms. The summed E-state index contributed by atoms with van der Waals surface area (Å²) in [6.45, 7) is 5.14. The summed E-state index contributed by atoms with van der Waals surface area (Å²) in [4.78, 5) is 15.4. The van der Waals surface area contributed by atoms with Crippen LogP contribution in [0.5, 0.6) is 0 Å². The molecule has 0 radical (unpaired) electrons. The number of carboxylic acid groups (broad SMARTS) is 1. The number of hydrogen-bond donors (Lipinski definition) is 1. The fourth-order valence-electron chi connectivity index (χ4n) is 3.67. The summed E-state index contributed by atoms with van der Waals surface area (Å²) in [5, 5.41) is 8.95. The highest BCUT2D eigenvalue weighted by Gasteiger charge is 2.41. The topological polar surface area (TPSA) is 43.8 Å². The van der Waals surface area contributed by atoms with Gasteiger partial charge in [0, 0.05) is 37.3 Å². The third kappa shape index (κ3) is 2.10. The second-order valence-corrected chi connectivity index (χ2v) is 5.44. The molecule has 2 aliphatic heterocycles. The van der Waals surface area contributed by atoms with Crippen molar-refractivity contribution >= 4 is 11.7 Å². The minimum Gasteiger partial charge on any atom is -0.480 e. The van der Waals surface area contributed by atoms with Gasteiger partial charge in [-0.3, -0.25) is 9.69 Å². The lowest BCUT2D eigenvalue weighted by Gasteiger charge is -2.38. The Morgan fingerprint density at radius 2 is 2.21 bits per heavy atom. The number of carboxylic acids is 1. The average Bonchev–Trinajstić information content (AvgIpc) is 2.71. The van der Waals surface area contributed by atoms with E-state index in [9.17, 15) is 4.79 Å². The summed E-state index contributed by atoms with van der Waals surface area (Å²) < 4.78 is 0. The van der Waals surface area contributed by atoms with Crippen molar-refractivity contribution in [2.75, 3.05) is 31.1 Å². The Labute approximate surface area is 113 Å². The summed E-state index contributed by atoms with van der Waals surface area (Å²) in [6.07, 6.45) is 1.06. The molecule has 2 heterocycles. The number of anilines is 1. The molecule has 0 amide bonds. The highest BCUT2D eigenvalue weighted by atomic mass is 16.4. The lowest BCUT2D eigenvalue weighted by Crippen LogP contribution is -2.47. The highest BCUT2D eigenvalue weighted by molar-refractivity contribution is 5.69. The fourth-order valence-corrected chi connectivity index (χ4v) is 3.67. The van der Waals surface area contributed by atoms with E-state index in [1.165, 1.54) is 11.3 Å². The molecule has 0 saturated carbocycles. The van der Waals surface area contributed by atoms with Crippen LogP contribution in [0, 0.1) is 0 Å². The SMILES string of the molecule is CCN1c2ccccc2[C@H]2CN(CC(=O)O)CC[C@H]21. The molecule has 0 aliphatic carbocycles. The van der Waals surface area contributed by atoms with E-state index in [-0.39, 0.29) is 6.54 Å². The van der Waals surface area contributed by atoms with Gasteiger partial charge in [0.05, 0.1) is 6.54 Å². The van der Waals surface area contributed by atoms with Crippen LogP contribution in [0.2, 0.25) is 0 Å². The average molecular weight is 260 g/mol. The summed E-state index contributed by atoms with van der Waals surface area (Å²) in [5.74, 6) is -0.263. The first-order valence-electron chi connectivity index (χ1n) is 7.00. The van der Waals surface area contributed by atoms with Gasteiger partial charge in [-0.15, -0.1) is 0 Å². The van der Waals surface area contributed by atoms with Crippen LogP contribution >= 0.6 is 0 Å². The lowest BCUT2D eigenvalue weighted by atomic mass is 9.89. The Balaban J connectivity index is 1.86. The number of likely N-dealkylation sites (N-methyl/N-ethyl adjacent to an activating group) is 1. The number of likely N-dealkylation sites (tertiary alicyclic amines) is 1. The first-order chi connectivity index (χ1) is 9.20. The maximum absolute atomic E-state index is 10.9. The zero-order chi connectivity index (χ0) is 13.4. The van der Waals surface area contributed by atoms with Gasteiger partial charge >= 0.3 is 5.97 Å². The first kappa shape index (κ1) is 12.5. The number of rotatable bonds is 3. The van der Waals surface area contributed by atoms with Gasteiger partial charge in [0.15, 0.2) is 0 Å². The standard InChI is InChI=1S/C15H20N2O2/c1-2-17-13-6-4-3-5-11(13)12-9-16(10-15(18)19)8-7-14(12)17/h3-6,12,14H,2,7-10H2,1H3,(H,18,19)/t12-,14-/m1/s1. The zero-order valence-corrected chi connectivity index (χ0v) is 11.2. The van der Waals surface area contributed by atoms with E-state index < -0.39 is 5.97 Å². The quantitative estimate of drug-likeness (QED) is 0.899. The molecule has 19 heavy (non-hydrogen) atoms. The van der Waals surface area contributed by atoms with Crippen LogP contribution < -0.4 is 4.90 Å². The van der Waals surface area contributed by atoms with Crippen molar-refractivity contribution in [2.45, 2.75) is 25.3 Å². The number of fused-ring (bicyclic) bond motifs is 3. The van der Waals surface area contributed by atoms with Crippen molar-refractivity contribution in [3.63, 3.8) is 0 Å². The second-order valence-electron chi connectivity index (χ2n) is 5.44. The molecule has 102 valence electrons. The van der Waals surface area contributed by atoms with Crippen LogP contribution in [-0.4, -0.2) is 48.2 Å². The molecule has 2 atom stereocenters. The maximum Gasteiger partial charge on any atom is 0.317 e. The normalized spacial score (nSPS) is 26.1. The van der Waals surface area contributed by atoms with Gasteiger partial charge in [-0.1, -0.05) is 18.2 Å². The van der Waals surface area contributed by atoms with Crippen LogP contribution in [0.4, 0.5) is 5.69 Å². The smallest absolute Gasteiger partial charge is 0.317 e. The van der Waals surface area contributed by atoms with E-state index in [0.29, 0.717) is 12.0 Å². The van der Waals surface area contributed by atoms with Gasteiger partial charge in [-0.25, -0.2) is 0 Å². The lowest BCUT2D eigenvalue weighted by molar-refractivity contribution is -0.138. The summed E-state index contributed by atoms with van der Waals surface area (Å²) >= 11 is 0. The summed E-state index contributed by atoms with van der Waals surface area (Å²) in [5.41, 5.74) is 2.74. The van der Waals surface area contributed by atoms with Crippen LogP contribution in [0.3, 0.4) is 0 Å². The predicted molar refractivity (Wildman–Crippen MR) is 74.7 cm³/mol. The van der Waals surface area contributed by atoms with Crippen molar-refractivity contribution in [1.82, 2.24) is 4.90 Å². The summed E-state index contributed by atoms with van der Waals surface area (Å²) in [7, 11) is 0. The van der Waals surface area contributed by atoms with Gasteiger partial charge in [-0.05, 0) is 25.0 Å². The molecule has 3 rings (SSSR count). The van der Waals surface area contributed by atoms with Crippen LogP contribution in [-0.2, 0) is 4.79 Å². The number of piperidine rings is 1. The number of para-hydroxylation sites is 1. The molecule has 0 aromatic heterocycles. The molecule has 2 aliphatic rings. The predicted octanol–water partition coefficient (Wildman–Crippen LogP) is 1.77.